The number of hydrogen-bond donors (Lipinski definition) is 1. The molecule has 2 aromatic carbocycles. The van der Waals surface area contributed by atoms with Gasteiger partial charge in [0.25, 0.3) is 5.91 Å². The Balaban J connectivity index is 1.66. The summed E-state index contributed by atoms with van der Waals surface area (Å²) in [4.78, 5) is 17.0. The van der Waals surface area contributed by atoms with Crippen LogP contribution < -0.4 is 9.88 Å². The lowest BCUT2D eigenvalue weighted by atomic mass is 10.0. The Bertz CT molecular complexity index is 995. The molecule has 1 fully saturated rings. The molecule has 0 radical (unpaired) electrons. The van der Waals surface area contributed by atoms with Crippen molar-refractivity contribution in [2.45, 2.75) is 25.3 Å². The number of sulfonamides is 1. The van der Waals surface area contributed by atoms with Gasteiger partial charge in [-0.05, 0) is 54.8 Å². The normalized spacial score (nSPS) is 15.4. The molecular weight excluding hydrogens is 390 g/mol. The van der Waals surface area contributed by atoms with Crippen LogP contribution in [0.15, 0.2) is 41.3 Å². The monoisotopic (exact) mass is 417 g/mol. The van der Waals surface area contributed by atoms with Crippen LogP contribution >= 0.6 is 0 Å². The molecule has 1 amide bonds. The summed E-state index contributed by atoms with van der Waals surface area (Å²) in [6.07, 6.45) is 0. The minimum absolute atomic E-state index is 0.0130. The topological polar surface area (TPSA) is 92.9 Å². The molecule has 1 aliphatic heterocycles. The molecule has 29 heavy (non-hydrogen) atoms. The van der Waals surface area contributed by atoms with Crippen molar-refractivity contribution in [3.63, 3.8) is 0 Å². The SMILES string of the molecule is COc1ccc(CN2CCN(C(=O)c3cc(C)c(C)c(S(N)(=O)=O)c3)CC2)cc1. The molecular formula is C21H27N3O4S. The Labute approximate surface area is 172 Å². The number of methoxy groups -OCH3 is 1. The molecule has 0 aliphatic carbocycles. The molecule has 156 valence electrons. The lowest BCUT2D eigenvalue weighted by Crippen LogP contribution is -2.48. The Morgan fingerprint density at radius 3 is 2.24 bits per heavy atom. The standard InChI is InChI=1S/C21H27N3O4S/c1-15-12-18(13-20(16(15)2)29(22,26)27)21(25)24-10-8-23(9-11-24)14-17-4-6-19(28-3)7-5-17/h4-7,12-13H,8-11,14H2,1-3H3,(H2,22,26,27). The zero-order chi connectivity index (χ0) is 21.2. The van der Waals surface area contributed by atoms with Crippen molar-refractivity contribution in [1.29, 1.82) is 0 Å². The molecule has 0 saturated carbocycles. The molecule has 1 aliphatic rings. The lowest BCUT2D eigenvalue weighted by Gasteiger charge is -2.35. The van der Waals surface area contributed by atoms with E-state index in [0.717, 1.165) is 30.9 Å². The van der Waals surface area contributed by atoms with Crippen LogP contribution in [-0.2, 0) is 16.6 Å². The van der Waals surface area contributed by atoms with E-state index in [4.69, 9.17) is 9.88 Å². The third kappa shape index (κ3) is 4.95. The van der Waals surface area contributed by atoms with Crippen LogP contribution in [0, 0.1) is 13.8 Å². The minimum Gasteiger partial charge on any atom is -0.497 e. The number of piperazine rings is 1. The summed E-state index contributed by atoms with van der Waals surface area (Å²) in [5.74, 6) is 0.665. The number of nitrogens with two attached hydrogens (primary N) is 1. The van der Waals surface area contributed by atoms with E-state index in [2.05, 4.69) is 4.90 Å². The minimum atomic E-state index is -3.88. The van der Waals surface area contributed by atoms with E-state index in [-0.39, 0.29) is 10.8 Å². The zero-order valence-corrected chi connectivity index (χ0v) is 17.8. The Morgan fingerprint density at radius 2 is 1.69 bits per heavy atom. The van der Waals surface area contributed by atoms with Crippen molar-refractivity contribution in [3.05, 3.63) is 58.7 Å². The van der Waals surface area contributed by atoms with Gasteiger partial charge >= 0.3 is 0 Å². The number of ether oxygens (including phenoxy) is 1. The number of primary sulfonamides is 1. The molecule has 0 aromatic heterocycles. The highest BCUT2D eigenvalue weighted by Gasteiger charge is 2.24. The Kier molecular flexibility index (Phi) is 6.26. The van der Waals surface area contributed by atoms with Crippen LogP contribution in [0.2, 0.25) is 0 Å². The van der Waals surface area contributed by atoms with Gasteiger partial charge in [0.2, 0.25) is 10.0 Å². The first kappa shape index (κ1) is 21.3. The van der Waals surface area contributed by atoms with Gasteiger partial charge in [0, 0.05) is 38.3 Å². The van der Waals surface area contributed by atoms with Crippen LogP contribution in [0.25, 0.3) is 0 Å². The van der Waals surface area contributed by atoms with Crippen molar-refractivity contribution in [2.75, 3.05) is 33.3 Å². The van der Waals surface area contributed by atoms with Gasteiger partial charge in [-0.1, -0.05) is 12.1 Å². The maximum Gasteiger partial charge on any atom is 0.253 e. The third-order valence-electron chi connectivity index (χ3n) is 5.40. The van der Waals surface area contributed by atoms with Crippen molar-refractivity contribution in [1.82, 2.24) is 9.80 Å². The van der Waals surface area contributed by atoms with E-state index in [1.165, 1.54) is 11.6 Å². The number of rotatable bonds is 5. The second-order valence-electron chi connectivity index (χ2n) is 7.38. The highest BCUT2D eigenvalue weighted by molar-refractivity contribution is 7.89. The molecule has 7 nitrogen and oxygen atoms in total. The van der Waals surface area contributed by atoms with Gasteiger partial charge in [0.05, 0.1) is 12.0 Å². The summed E-state index contributed by atoms with van der Waals surface area (Å²) in [6.45, 7) is 6.98. The summed E-state index contributed by atoms with van der Waals surface area (Å²) in [7, 11) is -2.23. The highest BCUT2D eigenvalue weighted by atomic mass is 32.2. The van der Waals surface area contributed by atoms with E-state index < -0.39 is 10.0 Å². The molecule has 0 atom stereocenters. The smallest absolute Gasteiger partial charge is 0.253 e. The molecule has 2 aromatic rings. The third-order valence-corrected chi connectivity index (χ3v) is 6.44. The van der Waals surface area contributed by atoms with Crippen LogP contribution in [0.3, 0.4) is 0 Å². The predicted octanol–water partition coefficient (Wildman–Crippen LogP) is 1.92. The lowest BCUT2D eigenvalue weighted by molar-refractivity contribution is 0.0628. The van der Waals surface area contributed by atoms with Crippen LogP contribution in [0.4, 0.5) is 0 Å². The van der Waals surface area contributed by atoms with Gasteiger partial charge in [-0.25, -0.2) is 13.6 Å². The number of carbonyl (C=O) groups is 1. The summed E-state index contributed by atoms with van der Waals surface area (Å²) in [5.41, 5.74) is 2.87. The molecule has 3 rings (SSSR count). The summed E-state index contributed by atoms with van der Waals surface area (Å²) in [6, 6.07) is 11.1. The maximum atomic E-state index is 12.9. The van der Waals surface area contributed by atoms with Gasteiger partial charge in [0.15, 0.2) is 0 Å². The number of nitrogens with zero attached hydrogens (tertiary/aromatic N) is 2. The van der Waals surface area contributed by atoms with Gasteiger partial charge in [0.1, 0.15) is 5.75 Å². The van der Waals surface area contributed by atoms with E-state index in [0.29, 0.717) is 24.2 Å². The molecule has 0 bridgehead atoms. The Morgan fingerprint density at radius 1 is 1.07 bits per heavy atom. The fraction of sp³-hybridized carbons (Fsp3) is 0.381. The number of benzene rings is 2. The van der Waals surface area contributed by atoms with Crippen LogP contribution in [0.5, 0.6) is 5.75 Å². The first-order valence-electron chi connectivity index (χ1n) is 9.47. The fourth-order valence-electron chi connectivity index (χ4n) is 3.53. The van der Waals surface area contributed by atoms with Crippen molar-refractivity contribution in [2.24, 2.45) is 5.14 Å². The Hall–Kier alpha value is -2.42. The maximum absolute atomic E-state index is 12.9. The van der Waals surface area contributed by atoms with E-state index in [1.807, 2.05) is 24.3 Å². The molecule has 2 N–H and O–H groups in total. The van der Waals surface area contributed by atoms with E-state index in [9.17, 15) is 13.2 Å². The van der Waals surface area contributed by atoms with Gasteiger partial charge in [-0.3, -0.25) is 9.69 Å². The number of hydrogen-bond acceptors (Lipinski definition) is 5. The van der Waals surface area contributed by atoms with Crippen molar-refractivity contribution < 1.29 is 17.9 Å². The predicted molar refractivity (Wildman–Crippen MR) is 111 cm³/mol. The molecule has 0 unspecified atom stereocenters. The van der Waals surface area contributed by atoms with Crippen molar-refractivity contribution >= 4 is 15.9 Å². The fourth-order valence-corrected chi connectivity index (χ4v) is 4.41. The van der Waals surface area contributed by atoms with Gasteiger partial charge < -0.3 is 9.64 Å². The zero-order valence-electron chi connectivity index (χ0n) is 17.0. The summed E-state index contributed by atoms with van der Waals surface area (Å²) in [5, 5.41) is 5.32. The van der Waals surface area contributed by atoms with Gasteiger partial charge in [-0.15, -0.1) is 0 Å². The van der Waals surface area contributed by atoms with Crippen LogP contribution in [0.1, 0.15) is 27.0 Å². The van der Waals surface area contributed by atoms with E-state index >= 15 is 0 Å². The number of amides is 1. The largest absolute Gasteiger partial charge is 0.497 e. The van der Waals surface area contributed by atoms with Crippen LogP contribution in [-0.4, -0.2) is 57.4 Å². The molecule has 0 spiro atoms. The molecule has 8 heteroatoms. The summed E-state index contributed by atoms with van der Waals surface area (Å²) < 4.78 is 28.9. The quantitative estimate of drug-likeness (QED) is 0.802. The second kappa shape index (κ2) is 8.52. The average Bonchev–Trinajstić information content (AvgIpc) is 2.69. The molecule has 1 heterocycles. The highest BCUT2D eigenvalue weighted by Crippen LogP contribution is 2.22. The molecule has 1 saturated heterocycles. The first-order valence-corrected chi connectivity index (χ1v) is 11.0. The number of aryl methyl sites for hydroxylation is 1. The second-order valence-corrected chi connectivity index (χ2v) is 8.91. The van der Waals surface area contributed by atoms with Gasteiger partial charge in [-0.2, -0.15) is 0 Å². The average molecular weight is 418 g/mol. The first-order chi connectivity index (χ1) is 13.7. The van der Waals surface area contributed by atoms with E-state index in [1.54, 1.807) is 31.9 Å². The summed E-state index contributed by atoms with van der Waals surface area (Å²) >= 11 is 0. The number of carbonyl (C=O) groups excluding carboxylic acids is 1. The van der Waals surface area contributed by atoms with Crippen molar-refractivity contribution in [3.8, 4) is 5.75 Å².